The number of aromatic nitrogens is 1. The van der Waals surface area contributed by atoms with Gasteiger partial charge in [-0.2, -0.15) is 0 Å². The van der Waals surface area contributed by atoms with E-state index in [1.54, 1.807) is 12.3 Å². The van der Waals surface area contributed by atoms with Crippen molar-refractivity contribution in [1.29, 1.82) is 0 Å². The van der Waals surface area contributed by atoms with Gasteiger partial charge in [-0.1, -0.05) is 34.7 Å². The molecule has 2 rings (SSSR count). The van der Waals surface area contributed by atoms with E-state index in [2.05, 4.69) is 9.38 Å². The van der Waals surface area contributed by atoms with E-state index < -0.39 is 11.4 Å². The monoisotopic (exact) mass is 316 g/mol. The van der Waals surface area contributed by atoms with Crippen LogP contribution in [0.3, 0.4) is 0 Å². The Bertz CT molecular complexity index is 607. The number of hydrogen-bond acceptors (Lipinski definition) is 4. The quantitative estimate of drug-likeness (QED) is 0.626. The molecule has 116 valence electrons. The van der Waals surface area contributed by atoms with Crippen molar-refractivity contribution in [2.45, 2.75) is 32.1 Å². The number of rotatable bonds is 5. The lowest BCUT2D eigenvalue weighted by Crippen LogP contribution is -2.25. The maximum Gasteiger partial charge on any atom is 0.144 e. The van der Waals surface area contributed by atoms with E-state index in [4.69, 9.17) is 4.74 Å². The van der Waals surface area contributed by atoms with Crippen LogP contribution in [0.1, 0.15) is 32.0 Å². The van der Waals surface area contributed by atoms with Gasteiger partial charge in [0.05, 0.1) is 11.9 Å². The van der Waals surface area contributed by atoms with Crippen LogP contribution in [0.5, 0.6) is 5.75 Å². The summed E-state index contributed by atoms with van der Waals surface area (Å²) in [5.74, 6) is 0.693. The highest BCUT2D eigenvalue weighted by molar-refractivity contribution is 7.91. The Balaban J connectivity index is 1.92. The first-order valence-corrected chi connectivity index (χ1v) is 8.15. The fraction of sp³-hybridized carbons (Fsp3) is 0.294. The molecule has 4 nitrogen and oxygen atoms in total. The third kappa shape index (κ3) is 5.16. The van der Waals surface area contributed by atoms with Gasteiger partial charge in [-0.05, 0) is 38.5 Å². The Hall–Kier alpha value is -1.85. The number of pyridine rings is 1. The summed E-state index contributed by atoms with van der Waals surface area (Å²) in [7, 11) is 0. The third-order valence-corrected chi connectivity index (χ3v) is 4.16. The summed E-state index contributed by atoms with van der Waals surface area (Å²) in [6.07, 6.45) is 3.17. The molecule has 1 aromatic carbocycles. The van der Waals surface area contributed by atoms with E-state index in [0.29, 0.717) is 18.1 Å². The Labute approximate surface area is 134 Å². The summed E-state index contributed by atoms with van der Waals surface area (Å²) >= 11 is -1.27. The zero-order chi connectivity index (χ0) is 16.0. The van der Waals surface area contributed by atoms with Crippen LogP contribution >= 0.6 is 0 Å². The Morgan fingerprint density at radius 1 is 1.18 bits per heavy atom. The van der Waals surface area contributed by atoms with Crippen molar-refractivity contribution in [3.63, 3.8) is 0 Å². The normalized spacial score (nSPS) is 13.3. The van der Waals surface area contributed by atoms with Gasteiger partial charge >= 0.3 is 0 Å². The molecule has 1 atom stereocenters. The third-order valence-electron chi connectivity index (χ3n) is 2.81. The minimum Gasteiger partial charge on any atom is -0.591 e. The predicted octanol–water partition coefficient (Wildman–Crippen LogP) is 3.54. The smallest absolute Gasteiger partial charge is 0.144 e. The first kappa shape index (κ1) is 16.5. The molecule has 0 radical (unpaired) electrons. The van der Waals surface area contributed by atoms with Crippen LogP contribution in [0.15, 0.2) is 53.1 Å². The second kappa shape index (κ2) is 7.42. The van der Waals surface area contributed by atoms with Gasteiger partial charge in [0.25, 0.3) is 0 Å². The number of nitrogens with zero attached hydrogens (tertiary/aromatic N) is 2. The summed E-state index contributed by atoms with van der Waals surface area (Å²) in [4.78, 5) is 4.24. The van der Waals surface area contributed by atoms with E-state index >= 15 is 0 Å². The molecular weight excluding hydrogens is 296 g/mol. The summed E-state index contributed by atoms with van der Waals surface area (Å²) in [5.41, 5.74) is 1.76. The molecule has 0 saturated heterocycles. The van der Waals surface area contributed by atoms with Crippen LogP contribution in [0, 0.1) is 0 Å². The van der Waals surface area contributed by atoms with E-state index in [0.717, 1.165) is 5.56 Å². The topological polar surface area (TPSA) is 57.5 Å². The number of ether oxygens (including phenoxy) is 1. The van der Waals surface area contributed by atoms with Crippen molar-refractivity contribution in [2.24, 2.45) is 4.40 Å². The van der Waals surface area contributed by atoms with E-state index in [9.17, 15) is 4.55 Å². The Morgan fingerprint density at radius 2 is 1.91 bits per heavy atom. The highest BCUT2D eigenvalue weighted by atomic mass is 32.2. The van der Waals surface area contributed by atoms with Crippen LogP contribution in [-0.4, -0.2) is 20.5 Å². The zero-order valence-corrected chi connectivity index (χ0v) is 13.8. The van der Waals surface area contributed by atoms with Crippen molar-refractivity contribution >= 4 is 17.6 Å². The molecule has 0 bridgehead atoms. The molecule has 0 spiro atoms. The molecule has 1 aromatic heterocycles. The molecule has 0 N–H and O–H groups in total. The minimum atomic E-state index is -1.27. The molecule has 0 aliphatic carbocycles. The van der Waals surface area contributed by atoms with Crippen LogP contribution in [0.25, 0.3) is 0 Å². The molecule has 0 unspecified atom stereocenters. The van der Waals surface area contributed by atoms with Gasteiger partial charge in [0.15, 0.2) is 0 Å². The average Bonchev–Trinajstić information content (AvgIpc) is 2.51. The predicted molar refractivity (Wildman–Crippen MR) is 90.5 cm³/mol. The molecular formula is C17H20N2O2S. The molecule has 1 heterocycles. The summed E-state index contributed by atoms with van der Waals surface area (Å²) in [5, 5.41) is 0. The minimum absolute atomic E-state index is 0.366. The maximum atomic E-state index is 11.8. The van der Waals surface area contributed by atoms with E-state index in [-0.39, 0.29) is 4.75 Å². The number of benzene rings is 1. The number of hydrogen-bond donors (Lipinski definition) is 0. The van der Waals surface area contributed by atoms with Gasteiger partial charge in [-0.25, -0.2) is 0 Å². The summed E-state index contributed by atoms with van der Waals surface area (Å²) in [6, 6.07) is 13.6. The first-order valence-electron chi connectivity index (χ1n) is 7.04. The molecule has 0 aliphatic heterocycles. The molecule has 0 fully saturated rings. The fourth-order valence-corrected chi connectivity index (χ4v) is 2.07. The second-order valence-electron chi connectivity index (χ2n) is 5.79. The average molecular weight is 316 g/mol. The van der Waals surface area contributed by atoms with Gasteiger partial charge in [-0.15, -0.1) is 0 Å². The molecule has 22 heavy (non-hydrogen) atoms. The lowest BCUT2D eigenvalue weighted by Gasteiger charge is -2.17. The molecule has 0 amide bonds. The SMILES string of the molecule is CC(C)(C)[S@@+]([O-])/N=C/c1ccc(OCc2ccccc2)cn1. The first-order chi connectivity index (χ1) is 10.4. The molecule has 0 aliphatic rings. The highest BCUT2D eigenvalue weighted by Crippen LogP contribution is 2.17. The van der Waals surface area contributed by atoms with Gasteiger partial charge in [0.1, 0.15) is 34.7 Å². The molecule has 5 heteroatoms. The molecule has 0 saturated carbocycles. The second-order valence-corrected chi connectivity index (χ2v) is 7.72. The van der Waals surface area contributed by atoms with Crippen LogP contribution in [0.2, 0.25) is 0 Å². The maximum absolute atomic E-state index is 11.8. The summed E-state index contributed by atoms with van der Waals surface area (Å²) < 4.78 is 21.2. The fourth-order valence-electron chi connectivity index (χ4n) is 1.55. The Kier molecular flexibility index (Phi) is 5.57. The van der Waals surface area contributed by atoms with E-state index in [1.807, 2.05) is 57.2 Å². The van der Waals surface area contributed by atoms with Gasteiger partial charge in [-0.3, -0.25) is 4.98 Å². The standard InChI is InChI=1S/C17H20N2O2S/c1-17(2,3)22(20)19-11-15-9-10-16(12-18-15)21-13-14-7-5-4-6-8-14/h4-12H,13H2,1-3H3/b19-11+/t22-/m1/s1. The highest BCUT2D eigenvalue weighted by Gasteiger charge is 2.25. The largest absolute Gasteiger partial charge is 0.591 e. The van der Waals surface area contributed by atoms with Crippen molar-refractivity contribution < 1.29 is 9.29 Å². The van der Waals surface area contributed by atoms with Crippen LogP contribution in [-0.2, 0) is 18.0 Å². The van der Waals surface area contributed by atoms with Crippen molar-refractivity contribution in [2.75, 3.05) is 0 Å². The van der Waals surface area contributed by atoms with Crippen molar-refractivity contribution in [1.82, 2.24) is 4.98 Å². The van der Waals surface area contributed by atoms with Gasteiger partial charge in [0, 0.05) is 0 Å². The Morgan fingerprint density at radius 3 is 2.50 bits per heavy atom. The molecule has 2 aromatic rings. The van der Waals surface area contributed by atoms with Crippen molar-refractivity contribution in [3.8, 4) is 5.75 Å². The zero-order valence-electron chi connectivity index (χ0n) is 13.0. The van der Waals surface area contributed by atoms with E-state index in [1.165, 1.54) is 6.21 Å². The summed E-state index contributed by atoms with van der Waals surface area (Å²) in [6.45, 7) is 6.15. The van der Waals surface area contributed by atoms with Gasteiger partial charge < -0.3 is 9.29 Å². The van der Waals surface area contributed by atoms with Crippen LogP contribution < -0.4 is 4.74 Å². The van der Waals surface area contributed by atoms with Gasteiger partial charge in [0.2, 0.25) is 0 Å². The van der Waals surface area contributed by atoms with Crippen molar-refractivity contribution in [3.05, 3.63) is 59.9 Å². The lowest BCUT2D eigenvalue weighted by atomic mass is 10.2. The lowest BCUT2D eigenvalue weighted by molar-refractivity contribution is 0.305. The van der Waals surface area contributed by atoms with Crippen LogP contribution in [0.4, 0.5) is 0 Å².